The highest BCUT2D eigenvalue weighted by atomic mass is 32.2. The Labute approximate surface area is 79.2 Å². The van der Waals surface area contributed by atoms with Crippen molar-refractivity contribution in [3.63, 3.8) is 0 Å². The lowest BCUT2D eigenvalue weighted by molar-refractivity contribution is -0.0487. The maximum absolute atomic E-state index is 11.8. The second-order valence-electron chi connectivity index (χ2n) is 3.35. The molecule has 0 bridgehead atoms. The number of hydrogen-bond acceptors (Lipinski definition) is 3. The van der Waals surface area contributed by atoms with Gasteiger partial charge in [-0.2, -0.15) is 13.2 Å². The summed E-state index contributed by atoms with van der Waals surface area (Å²) >= 11 is 0. The Morgan fingerprint density at radius 2 is 1.86 bits per heavy atom. The van der Waals surface area contributed by atoms with E-state index < -0.39 is 27.7 Å². The van der Waals surface area contributed by atoms with E-state index in [4.69, 9.17) is 0 Å². The van der Waals surface area contributed by atoms with Gasteiger partial charge in [0.05, 0.1) is 5.60 Å². The summed E-state index contributed by atoms with van der Waals surface area (Å²) < 4.78 is 57.7. The van der Waals surface area contributed by atoms with E-state index in [1.807, 2.05) is 0 Å². The molecule has 0 aromatic rings. The third-order valence-corrected chi connectivity index (χ3v) is 3.31. The molecule has 0 aromatic heterocycles. The van der Waals surface area contributed by atoms with Crippen LogP contribution in [-0.4, -0.2) is 31.2 Å². The molecule has 0 radical (unpaired) electrons. The molecule has 0 aromatic carbocycles. The molecule has 2 N–H and O–H groups in total. The van der Waals surface area contributed by atoms with E-state index in [0.717, 1.165) is 0 Å². The van der Waals surface area contributed by atoms with Gasteiger partial charge in [-0.25, -0.2) is 13.1 Å². The Morgan fingerprint density at radius 3 is 2.14 bits per heavy atom. The number of hydrogen-bond donors (Lipinski definition) is 2. The lowest BCUT2D eigenvalue weighted by atomic mass is 9.81. The van der Waals surface area contributed by atoms with Crippen LogP contribution in [0.5, 0.6) is 0 Å². The summed E-state index contributed by atoms with van der Waals surface area (Å²) in [7, 11) is -5.32. The molecule has 0 atom stereocenters. The number of sulfonamides is 1. The van der Waals surface area contributed by atoms with Gasteiger partial charge in [0.15, 0.2) is 0 Å². The normalized spacial score (nSPS) is 21.7. The number of halogens is 3. The summed E-state index contributed by atoms with van der Waals surface area (Å²) in [5, 5.41) is 9.34. The Morgan fingerprint density at radius 1 is 1.36 bits per heavy atom. The first-order valence-corrected chi connectivity index (χ1v) is 5.43. The molecule has 1 fully saturated rings. The number of alkyl halides is 3. The van der Waals surface area contributed by atoms with Crippen molar-refractivity contribution in [2.75, 3.05) is 6.54 Å². The van der Waals surface area contributed by atoms with Crippen LogP contribution in [-0.2, 0) is 10.0 Å². The van der Waals surface area contributed by atoms with E-state index in [1.165, 1.54) is 4.72 Å². The van der Waals surface area contributed by atoms with Gasteiger partial charge < -0.3 is 5.11 Å². The van der Waals surface area contributed by atoms with Gasteiger partial charge >= 0.3 is 15.5 Å². The second-order valence-corrected chi connectivity index (χ2v) is 5.11. The zero-order valence-electron chi connectivity index (χ0n) is 7.13. The first-order valence-electron chi connectivity index (χ1n) is 3.95. The van der Waals surface area contributed by atoms with Crippen molar-refractivity contribution in [3.8, 4) is 0 Å². The fraction of sp³-hybridized carbons (Fsp3) is 1.00. The zero-order valence-corrected chi connectivity index (χ0v) is 7.95. The van der Waals surface area contributed by atoms with Crippen LogP contribution in [0.25, 0.3) is 0 Å². The summed E-state index contributed by atoms with van der Waals surface area (Å²) in [6, 6.07) is 0. The molecule has 0 saturated heterocycles. The van der Waals surface area contributed by atoms with Gasteiger partial charge in [-0.15, -0.1) is 0 Å². The van der Waals surface area contributed by atoms with Crippen molar-refractivity contribution in [2.24, 2.45) is 0 Å². The van der Waals surface area contributed by atoms with Gasteiger partial charge in [-0.3, -0.25) is 0 Å². The predicted octanol–water partition coefficient (Wildman–Crippen LogP) is 0.341. The van der Waals surface area contributed by atoms with Crippen molar-refractivity contribution in [1.82, 2.24) is 4.72 Å². The molecule has 1 aliphatic carbocycles. The molecule has 0 amide bonds. The fourth-order valence-corrected chi connectivity index (χ4v) is 1.70. The van der Waals surface area contributed by atoms with Crippen LogP contribution in [0.15, 0.2) is 0 Å². The monoisotopic (exact) mass is 233 g/mol. The summed E-state index contributed by atoms with van der Waals surface area (Å²) in [6.45, 7) is -0.575. The maximum atomic E-state index is 11.8. The average Bonchev–Trinajstić information content (AvgIpc) is 1.95. The van der Waals surface area contributed by atoms with Gasteiger partial charge in [0.2, 0.25) is 0 Å². The highest BCUT2D eigenvalue weighted by molar-refractivity contribution is 7.90. The molecule has 1 saturated carbocycles. The Kier molecular flexibility index (Phi) is 2.81. The Balaban J connectivity index is 2.53. The van der Waals surface area contributed by atoms with Crippen molar-refractivity contribution >= 4 is 10.0 Å². The van der Waals surface area contributed by atoms with E-state index in [2.05, 4.69) is 0 Å². The van der Waals surface area contributed by atoms with Gasteiger partial charge in [-0.05, 0) is 19.3 Å². The Hall–Kier alpha value is -0.340. The van der Waals surface area contributed by atoms with E-state index in [1.54, 1.807) is 0 Å². The molecular weight excluding hydrogens is 223 g/mol. The van der Waals surface area contributed by atoms with Crippen molar-refractivity contribution in [1.29, 1.82) is 0 Å². The van der Waals surface area contributed by atoms with Gasteiger partial charge in [0, 0.05) is 6.54 Å². The van der Waals surface area contributed by atoms with Gasteiger partial charge in [-0.1, -0.05) is 0 Å². The van der Waals surface area contributed by atoms with Gasteiger partial charge in [0.25, 0.3) is 0 Å². The average molecular weight is 233 g/mol. The summed E-state index contributed by atoms with van der Waals surface area (Å²) in [5.74, 6) is 0. The first kappa shape index (κ1) is 11.7. The minimum atomic E-state index is -5.32. The third kappa shape index (κ3) is 2.37. The maximum Gasteiger partial charge on any atom is 0.511 e. The third-order valence-electron chi connectivity index (χ3n) is 2.18. The highest BCUT2D eigenvalue weighted by Crippen LogP contribution is 2.31. The van der Waals surface area contributed by atoms with Crippen LogP contribution >= 0.6 is 0 Å². The summed E-state index contributed by atoms with van der Waals surface area (Å²) in [5.41, 5.74) is -6.61. The minimum absolute atomic E-state index is 0.327. The van der Waals surface area contributed by atoms with Crippen molar-refractivity contribution in [3.05, 3.63) is 0 Å². The molecule has 1 aliphatic rings. The predicted molar refractivity (Wildman–Crippen MR) is 41.8 cm³/mol. The molecule has 0 spiro atoms. The first-order chi connectivity index (χ1) is 6.16. The standard InChI is InChI=1S/C6H10F3NO3S/c7-6(8,9)14(12,13)10-4-5(11)2-1-3-5/h10-11H,1-4H2. The minimum Gasteiger partial charge on any atom is -0.389 e. The molecule has 1 rings (SSSR count). The van der Waals surface area contributed by atoms with Crippen molar-refractivity contribution < 1.29 is 26.7 Å². The summed E-state index contributed by atoms with van der Waals surface area (Å²) in [6.07, 6.45) is 1.35. The zero-order chi connectivity index (χ0) is 11.0. The largest absolute Gasteiger partial charge is 0.511 e. The molecule has 0 aliphatic heterocycles. The second kappa shape index (κ2) is 3.35. The molecular formula is C6H10F3NO3S. The van der Waals surface area contributed by atoms with Crippen molar-refractivity contribution in [2.45, 2.75) is 30.4 Å². The van der Waals surface area contributed by atoms with E-state index >= 15 is 0 Å². The van der Waals surface area contributed by atoms with E-state index in [-0.39, 0.29) is 0 Å². The topological polar surface area (TPSA) is 66.4 Å². The van der Waals surface area contributed by atoms with Crippen LogP contribution in [0, 0.1) is 0 Å². The lowest BCUT2D eigenvalue weighted by Gasteiger charge is -2.36. The van der Waals surface area contributed by atoms with Crippen LogP contribution in [0.4, 0.5) is 13.2 Å². The molecule has 84 valence electrons. The number of rotatable bonds is 3. The SMILES string of the molecule is O=S(=O)(NCC1(O)CCC1)C(F)(F)F. The van der Waals surface area contributed by atoms with E-state index in [0.29, 0.717) is 19.3 Å². The quantitative estimate of drug-likeness (QED) is 0.738. The smallest absolute Gasteiger partial charge is 0.389 e. The molecule has 14 heavy (non-hydrogen) atoms. The molecule has 8 heteroatoms. The lowest BCUT2D eigenvalue weighted by Crippen LogP contribution is -2.50. The highest BCUT2D eigenvalue weighted by Gasteiger charge is 2.47. The number of nitrogens with one attached hydrogen (secondary N) is 1. The molecule has 0 unspecified atom stereocenters. The van der Waals surface area contributed by atoms with Crippen LogP contribution in [0.2, 0.25) is 0 Å². The number of aliphatic hydroxyl groups is 1. The van der Waals surface area contributed by atoms with E-state index in [9.17, 15) is 26.7 Å². The Bertz CT molecular complexity index is 307. The fourth-order valence-electron chi connectivity index (χ4n) is 1.07. The molecule has 0 heterocycles. The van der Waals surface area contributed by atoms with Crippen LogP contribution in [0.3, 0.4) is 0 Å². The van der Waals surface area contributed by atoms with Crippen LogP contribution in [0.1, 0.15) is 19.3 Å². The van der Waals surface area contributed by atoms with Gasteiger partial charge in [0.1, 0.15) is 0 Å². The van der Waals surface area contributed by atoms with Crippen LogP contribution < -0.4 is 4.72 Å². The molecule has 4 nitrogen and oxygen atoms in total. The summed E-state index contributed by atoms with van der Waals surface area (Å²) in [4.78, 5) is 0.